The number of carboxylic acids is 1. The van der Waals surface area contributed by atoms with E-state index in [4.69, 9.17) is 16.6 Å². The smallest absolute Gasteiger partial charge is 0.322 e. The molecule has 1 aromatic rings. The van der Waals surface area contributed by atoms with Gasteiger partial charge in [0, 0.05) is 25.4 Å². The summed E-state index contributed by atoms with van der Waals surface area (Å²) in [5.74, 6) is -2.22. The maximum atomic E-state index is 12.2. The molecule has 0 bridgehead atoms. The van der Waals surface area contributed by atoms with E-state index < -0.39 is 36.4 Å². The Morgan fingerprint density at radius 2 is 2.04 bits per heavy atom. The Kier molecular flexibility index (Phi) is 8.57. The van der Waals surface area contributed by atoms with E-state index in [1.807, 2.05) is 0 Å². The lowest BCUT2D eigenvalue weighted by atomic mass is 10.1. The van der Waals surface area contributed by atoms with Crippen LogP contribution in [0.1, 0.15) is 25.0 Å². The van der Waals surface area contributed by atoms with Gasteiger partial charge in [0.05, 0.1) is 12.4 Å². The number of carbonyl (C=O) groups excluding carboxylic acids is 2. The Hall–Kier alpha value is -2.46. The molecule has 0 aliphatic carbocycles. The highest BCUT2D eigenvalue weighted by atomic mass is 16.4. The summed E-state index contributed by atoms with van der Waals surface area (Å²) in [7, 11) is 1.76. The predicted octanol–water partition coefficient (Wildman–Crippen LogP) is -1.90. The van der Waals surface area contributed by atoms with Crippen LogP contribution in [0, 0.1) is 0 Å². The lowest BCUT2D eigenvalue weighted by molar-refractivity contribution is -0.138. The van der Waals surface area contributed by atoms with Crippen LogP contribution < -0.4 is 22.1 Å². The van der Waals surface area contributed by atoms with Gasteiger partial charge >= 0.3 is 5.97 Å². The second-order valence-corrected chi connectivity index (χ2v) is 5.76. The van der Waals surface area contributed by atoms with Crippen LogP contribution in [0.15, 0.2) is 12.5 Å². The second-order valence-electron chi connectivity index (χ2n) is 5.76. The number of rotatable bonds is 11. The Bertz CT molecular complexity index is 588. The van der Waals surface area contributed by atoms with Crippen LogP contribution in [-0.2, 0) is 27.9 Å². The molecule has 0 radical (unpaired) electrons. The molecule has 0 saturated carbocycles. The van der Waals surface area contributed by atoms with Gasteiger partial charge in [-0.3, -0.25) is 14.4 Å². The van der Waals surface area contributed by atoms with Crippen molar-refractivity contribution < 1.29 is 19.5 Å². The van der Waals surface area contributed by atoms with Crippen molar-refractivity contribution in [1.82, 2.24) is 20.2 Å². The van der Waals surface area contributed by atoms with Crippen molar-refractivity contribution in [2.24, 2.45) is 18.5 Å². The van der Waals surface area contributed by atoms with Crippen LogP contribution in [0.4, 0.5) is 0 Å². The molecule has 2 atom stereocenters. The molecule has 1 rings (SSSR count). The first kappa shape index (κ1) is 20.6. The number of hydrogen-bond acceptors (Lipinski definition) is 6. The summed E-state index contributed by atoms with van der Waals surface area (Å²) in [6, 6.07) is -1.70. The molecule has 0 fully saturated rings. The molecule has 7 N–H and O–H groups in total. The number of nitrogens with zero attached hydrogens (tertiary/aromatic N) is 2. The topological polar surface area (TPSA) is 165 Å². The van der Waals surface area contributed by atoms with Gasteiger partial charge < -0.3 is 31.8 Å². The summed E-state index contributed by atoms with van der Waals surface area (Å²) < 4.78 is 1.71. The van der Waals surface area contributed by atoms with Crippen molar-refractivity contribution in [2.45, 2.75) is 37.8 Å². The average Bonchev–Trinajstić information content (AvgIpc) is 2.96. The number of hydrogen-bond donors (Lipinski definition) is 5. The molecule has 2 amide bonds. The molecule has 0 unspecified atom stereocenters. The van der Waals surface area contributed by atoms with Crippen LogP contribution in [0.2, 0.25) is 0 Å². The SMILES string of the molecule is Cn1cncc1C[C@H](NC(=O)[C@@H](N)CCCCN)C(=O)NCC(=O)O. The zero-order chi connectivity index (χ0) is 18.8. The van der Waals surface area contributed by atoms with Crippen molar-refractivity contribution in [1.29, 1.82) is 0 Å². The number of carboxylic acid groups (broad SMARTS) is 1. The average molecular weight is 354 g/mol. The third-order valence-corrected chi connectivity index (χ3v) is 3.68. The molecule has 140 valence electrons. The lowest BCUT2D eigenvalue weighted by Gasteiger charge is -2.20. The molecular formula is C15H26N6O4. The van der Waals surface area contributed by atoms with Crippen LogP contribution in [0.3, 0.4) is 0 Å². The minimum atomic E-state index is -1.17. The van der Waals surface area contributed by atoms with Crippen molar-refractivity contribution in [3.8, 4) is 0 Å². The third kappa shape index (κ3) is 7.31. The highest BCUT2D eigenvalue weighted by Crippen LogP contribution is 2.04. The number of carbonyl (C=O) groups is 3. The first-order valence-corrected chi connectivity index (χ1v) is 8.05. The van der Waals surface area contributed by atoms with E-state index in [1.54, 1.807) is 24.1 Å². The van der Waals surface area contributed by atoms with Gasteiger partial charge in [0.15, 0.2) is 0 Å². The molecular weight excluding hydrogens is 328 g/mol. The molecule has 10 heteroatoms. The summed E-state index contributed by atoms with van der Waals surface area (Å²) in [4.78, 5) is 39.0. The fourth-order valence-electron chi connectivity index (χ4n) is 2.20. The summed E-state index contributed by atoms with van der Waals surface area (Å²) >= 11 is 0. The molecule has 0 aliphatic rings. The van der Waals surface area contributed by atoms with Gasteiger partial charge in [0.2, 0.25) is 11.8 Å². The Morgan fingerprint density at radius 3 is 2.60 bits per heavy atom. The molecule has 0 aliphatic heterocycles. The highest BCUT2D eigenvalue weighted by molar-refractivity contribution is 5.91. The van der Waals surface area contributed by atoms with Gasteiger partial charge in [-0.15, -0.1) is 0 Å². The van der Waals surface area contributed by atoms with E-state index in [1.165, 1.54) is 0 Å². The maximum Gasteiger partial charge on any atom is 0.322 e. The third-order valence-electron chi connectivity index (χ3n) is 3.68. The van der Waals surface area contributed by atoms with Crippen LogP contribution in [0.25, 0.3) is 0 Å². The number of aryl methyl sites for hydroxylation is 1. The standard InChI is InChI=1S/C15H26N6O4/c1-21-9-18-7-10(21)6-12(15(25)19-8-13(22)23)20-14(24)11(17)4-2-3-5-16/h7,9,11-12H,2-6,8,16-17H2,1H3,(H,19,25)(H,20,24)(H,22,23)/t11-,12-/m0/s1. The van der Waals surface area contributed by atoms with Gasteiger partial charge in [0.25, 0.3) is 0 Å². The number of aliphatic carboxylic acids is 1. The first-order chi connectivity index (χ1) is 11.8. The van der Waals surface area contributed by atoms with Crippen molar-refractivity contribution >= 4 is 17.8 Å². The van der Waals surface area contributed by atoms with Gasteiger partial charge in [-0.05, 0) is 19.4 Å². The number of nitrogens with one attached hydrogen (secondary N) is 2. The van der Waals surface area contributed by atoms with E-state index in [-0.39, 0.29) is 6.42 Å². The van der Waals surface area contributed by atoms with Crippen molar-refractivity contribution in [3.63, 3.8) is 0 Å². The molecule has 0 saturated heterocycles. The van der Waals surface area contributed by atoms with E-state index >= 15 is 0 Å². The number of aromatic nitrogens is 2. The largest absolute Gasteiger partial charge is 0.480 e. The van der Waals surface area contributed by atoms with E-state index in [9.17, 15) is 14.4 Å². The van der Waals surface area contributed by atoms with Gasteiger partial charge in [0.1, 0.15) is 12.6 Å². The number of nitrogens with two attached hydrogens (primary N) is 2. The normalized spacial score (nSPS) is 13.1. The molecule has 10 nitrogen and oxygen atoms in total. The van der Waals surface area contributed by atoms with E-state index in [0.29, 0.717) is 25.1 Å². The van der Waals surface area contributed by atoms with Gasteiger partial charge in [-0.1, -0.05) is 6.42 Å². The number of imidazole rings is 1. The quantitative estimate of drug-likeness (QED) is 0.290. The monoisotopic (exact) mass is 354 g/mol. The molecule has 0 aromatic carbocycles. The summed E-state index contributed by atoms with van der Waals surface area (Å²) in [5.41, 5.74) is 12.0. The number of unbranched alkanes of at least 4 members (excludes halogenated alkanes) is 1. The zero-order valence-corrected chi connectivity index (χ0v) is 14.3. The van der Waals surface area contributed by atoms with Crippen LogP contribution >= 0.6 is 0 Å². The highest BCUT2D eigenvalue weighted by Gasteiger charge is 2.25. The fraction of sp³-hybridized carbons (Fsp3) is 0.600. The Morgan fingerprint density at radius 1 is 1.32 bits per heavy atom. The fourth-order valence-corrected chi connectivity index (χ4v) is 2.20. The van der Waals surface area contributed by atoms with Crippen molar-refractivity contribution in [3.05, 3.63) is 18.2 Å². The molecule has 1 aromatic heterocycles. The van der Waals surface area contributed by atoms with E-state index in [2.05, 4.69) is 15.6 Å². The van der Waals surface area contributed by atoms with Crippen molar-refractivity contribution in [2.75, 3.05) is 13.1 Å². The molecule has 1 heterocycles. The summed E-state index contributed by atoms with van der Waals surface area (Å²) in [5, 5.41) is 13.6. The minimum Gasteiger partial charge on any atom is -0.480 e. The summed E-state index contributed by atoms with van der Waals surface area (Å²) in [6.45, 7) is -0.00576. The van der Waals surface area contributed by atoms with Gasteiger partial charge in [-0.2, -0.15) is 0 Å². The Balaban J connectivity index is 2.72. The first-order valence-electron chi connectivity index (χ1n) is 8.05. The zero-order valence-electron chi connectivity index (χ0n) is 14.3. The van der Waals surface area contributed by atoms with Crippen LogP contribution in [-0.4, -0.2) is 57.6 Å². The maximum absolute atomic E-state index is 12.2. The Labute approximate surface area is 146 Å². The summed E-state index contributed by atoms with van der Waals surface area (Å²) in [6.07, 6.45) is 5.25. The lowest BCUT2D eigenvalue weighted by Crippen LogP contribution is -2.53. The second kappa shape index (κ2) is 10.4. The van der Waals surface area contributed by atoms with Gasteiger partial charge in [-0.25, -0.2) is 4.98 Å². The molecule has 25 heavy (non-hydrogen) atoms. The number of amides is 2. The minimum absolute atomic E-state index is 0.170. The van der Waals surface area contributed by atoms with E-state index in [0.717, 1.165) is 6.42 Å². The van der Waals surface area contributed by atoms with Crippen LogP contribution in [0.5, 0.6) is 0 Å². The predicted molar refractivity (Wildman–Crippen MR) is 90.4 cm³/mol. The molecule has 0 spiro atoms.